The van der Waals surface area contributed by atoms with Crippen molar-refractivity contribution in [3.05, 3.63) is 0 Å². The highest BCUT2D eigenvalue weighted by atomic mass is 15.2. The molecule has 1 rings (SSSR count). The molecule has 1 nitrogen and oxygen atoms in total. The fourth-order valence-corrected chi connectivity index (χ4v) is 1.99. The molecule has 0 atom stereocenters. The van der Waals surface area contributed by atoms with Gasteiger partial charge in [-0.1, -0.05) is 20.8 Å². The molecule has 0 radical (unpaired) electrons. The molecule has 1 saturated carbocycles. The minimum absolute atomic E-state index is 0.306. The molecule has 0 bridgehead atoms. The van der Waals surface area contributed by atoms with Crippen molar-refractivity contribution in [2.24, 2.45) is 10.8 Å². The quantitative estimate of drug-likeness (QED) is 0.654. The van der Waals surface area contributed by atoms with E-state index in [9.17, 15) is 0 Å². The Balaban J connectivity index is 2.62. The number of nitrogens with zero attached hydrogens (tertiary/aromatic N) is 1. The summed E-state index contributed by atoms with van der Waals surface area (Å²) in [5.41, 5.74) is 1.36. The van der Waals surface area contributed by atoms with E-state index in [0.717, 1.165) is 0 Å². The van der Waals surface area contributed by atoms with Gasteiger partial charge in [-0.2, -0.15) is 0 Å². The maximum absolute atomic E-state index is 2.51. The molecule has 0 amide bonds. The molecule has 1 fully saturated rings. The average Bonchev–Trinajstić information content (AvgIpc) is 2.64. The van der Waals surface area contributed by atoms with Gasteiger partial charge < -0.3 is 4.90 Å². The van der Waals surface area contributed by atoms with Gasteiger partial charge in [0, 0.05) is 12.1 Å². The molecule has 1 aliphatic carbocycles. The third-order valence-corrected chi connectivity index (χ3v) is 4.13. The first kappa shape index (κ1) is 12.0. The van der Waals surface area contributed by atoms with Gasteiger partial charge in [-0.15, -0.1) is 0 Å². The molecule has 0 aromatic heterocycles. The summed E-state index contributed by atoms with van der Waals surface area (Å²) in [5.74, 6) is 0. The third kappa shape index (κ3) is 2.31. The Morgan fingerprint density at radius 2 is 1.43 bits per heavy atom. The molecular formula is C13H27N. The molecule has 1 aliphatic rings. The van der Waals surface area contributed by atoms with Crippen LogP contribution in [0.1, 0.15) is 54.4 Å². The summed E-state index contributed by atoms with van der Waals surface area (Å²) in [7, 11) is 2.26. The van der Waals surface area contributed by atoms with Crippen molar-refractivity contribution in [1.29, 1.82) is 0 Å². The van der Waals surface area contributed by atoms with E-state index in [1.54, 1.807) is 0 Å². The van der Waals surface area contributed by atoms with Gasteiger partial charge in [0.1, 0.15) is 0 Å². The van der Waals surface area contributed by atoms with E-state index in [4.69, 9.17) is 0 Å². The van der Waals surface area contributed by atoms with Crippen molar-refractivity contribution in [1.82, 2.24) is 4.90 Å². The predicted molar refractivity (Wildman–Crippen MR) is 63.5 cm³/mol. The second kappa shape index (κ2) is 3.23. The number of hydrogen-bond acceptors (Lipinski definition) is 1. The summed E-state index contributed by atoms with van der Waals surface area (Å²) in [6.07, 6.45) is 2.83. The maximum atomic E-state index is 2.51. The van der Waals surface area contributed by atoms with Gasteiger partial charge in [0.15, 0.2) is 0 Å². The van der Waals surface area contributed by atoms with Gasteiger partial charge >= 0.3 is 0 Å². The molecule has 0 aliphatic heterocycles. The lowest BCUT2D eigenvalue weighted by atomic mass is 9.77. The van der Waals surface area contributed by atoms with E-state index in [-0.39, 0.29) is 0 Å². The second-order valence-electron chi connectivity index (χ2n) is 7.06. The molecule has 0 aromatic carbocycles. The molecule has 14 heavy (non-hydrogen) atoms. The molecule has 1 heteroatoms. The van der Waals surface area contributed by atoms with Crippen LogP contribution in [0.15, 0.2) is 0 Å². The zero-order chi connectivity index (χ0) is 11.2. The summed E-state index contributed by atoms with van der Waals surface area (Å²) in [6, 6.07) is 0. The van der Waals surface area contributed by atoms with Crippen molar-refractivity contribution >= 4 is 0 Å². The molecule has 0 heterocycles. The SMILES string of the molecule is CN(CC1(C(C)(C)C)CC1)C(C)(C)C. The standard InChI is InChI=1S/C13H27N/c1-11(2,3)13(8-9-13)10-14(7)12(4,5)6/h8-10H2,1-7H3. The Kier molecular flexibility index (Phi) is 2.78. The third-order valence-electron chi connectivity index (χ3n) is 4.13. The van der Waals surface area contributed by atoms with Gasteiger partial charge in [0.25, 0.3) is 0 Å². The zero-order valence-corrected chi connectivity index (χ0v) is 11.1. The van der Waals surface area contributed by atoms with Crippen molar-refractivity contribution in [3.63, 3.8) is 0 Å². The first-order valence-corrected chi connectivity index (χ1v) is 5.80. The molecular weight excluding hydrogens is 170 g/mol. The summed E-state index contributed by atoms with van der Waals surface area (Å²) < 4.78 is 0. The zero-order valence-electron chi connectivity index (χ0n) is 11.1. The van der Waals surface area contributed by atoms with Crippen LogP contribution in [-0.2, 0) is 0 Å². The first-order chi connectivity index (χ1) is 6.08. The van der Waals surface area contributed by atoms with Crippen LogP contribution in [0.2, 0.25) is 0 Å². The highest BCUT2D eigenvalue weighted by Gasteiger charge is 2.52. The summed E-state index contributed by atoms with van der Waals surface area (Å²) in [6.45, 7) is 15.3. The Morgan fingerprint density at radius 3 is 1.64 bits per heavy atom. The lowest BCUT2D eigenvalue weighted by Crippen LogP contribution is -2.44. The van der Waals surface area contributed by atoms with Crippen LogP contribution in [0.3, 0.4) is 0 Å². The predicted octanol–water partition coefficient (Wildman–Crippen LogP) is 3.54. The second-order valence-corrected chi connectivity index (χ2v) is 7.06. The first-order valence-electron chi connectivity index (χ1n) is 5.80. The molecule has 0 spiro atoms. The minimum atomic E-state index is 0.306. The Bertz CT molecular complexity index is 200. The summed E-state index contributed by atoms with van der Waals surface area (Å²) in [4.78, 5) is 2.51. The van der Waals surface area contributed by atoms with Crippen molar-refractivity contribution < 1.29 is 0 Å². The van der Waals surface area contributed by atoms with Gasteiger partial charge in [0.2, 0.25) is 0 Å². The van der Waals surface area contributed by atoms with Crippen LogP contribution in [0, 0.1) is 10.8 Å². The molecule has 84 valence electrons. The Hall–Kier alpha value is -0.0400. The number of hydrogen-bond donors (Lipinski definition) is 0. The molecule has 0 unspecified atom stereocenters. The van der Waals surface area contributed by atoms with Crippen LogP contribution < -0.4 is 0 Å². The lowest BCUT2D eigenvalue weighted by Gasteiger charge is -2.40. The Morgan fingerprint density at radius 1 is 1.00 bits per heavy atom. The fourth-order valence-electron chi connectivity index (χ4n) is 1.99. The van der Waals surface area contributed by atoms with Crippen LogP contribution in [0.5, 0.6) is 0 Å². The maximum Gasteiger partial charge on any atom is 0.0122 e. The van der Waals surface area contributed by atoms with Gasteiger partial charge in [-0.25, -0.2) is 0 Å². The van der Waals surface area contributed by atoms with Crippen LogP contribution in [0.25, 0.3) is 0 Å². The van der Waals surface area contributed by atoms with E-state index >= 15 is 0 Å². The van der Waals surface area contributed by atoms with E-state index in [1.807, 2.05) is 0 Å². The monoisotopic (exact) mass is 197 g/mol. The highest BCUT2D eigenvalue weighted by Crippen LogP contribution is 2.58. The van der Waals surface area contributed by atoms with E-state index in [0.29, 0.717) is 16.4 Å². The smallest absolute Gasteiger partial charge is 0.0122 e. The normalized spacial score (nSPS) is 21.4. The fraction of sp³-hybridized carbons (Fsp3) is 1.00. The average molecular weight is 197 g/mol. The van der Waals surface area contributed by atoms with Gasteiger partial charge in [-0.05, 0) is 51.5 Å². The van der Waals surface area contributed by atoms with Gasteiger partial charge in [-0.3, -0.25) is 0 Å². The molecule has 0 saturated heterocycles. The Labute approximate surface area is 89.9 Å². The van der Waals surface area contributed by atoms with Crippen LogP contribution >= 0.6 is 0 Å². The van der Waals surface area contributed by atoms with E-state index in [1.165, 1.54) is 19.4 Å². The van der Waals surface area contributed by atoms with Gasteiger partial charge in [0.05, 0.1) is 0 Å². The minimum Gasteiger partial charge on any atom is -0.301 e. The number of rotatable bonds is 2. The van der Waals surface area contributed by atoms with Crippen LogP contribution in [0.4, 0.5) is 0 Å². The highest BCUT2D eigenvalue weighted by molar-refractivity contribution is 5.04. The molecule has 0 aromatic rings. The van der Waals surface area contributed by atoms with Crippen LogP contribution in [-0.4, -0.2) is 24.0 Å². The van der Waals surface area contributed by atoms with Crippen molar-refractivity contribution in [2.45, 2.75) is 59.9 Å². The topological polar surface area (TPSA) is 3.24 Å². The van der Waals surface area contributed by atoms with E-state index < -0.39 is 0 Å². The van der Waals surface area contributed by atoms with Crippen molar-refractivity contribution in [2.75, 3.05) is 13.6 Å². The van der Waals surface area contributed by atoms with Crippen molar-refractivity contribution in [3.8, 4) is 0 Å². The summed E-state index contributed by atoms with van der Waals surface area (Å²) >= 11 is 0. The largest absolute Gasteiger partial charge is 0.301 e. The molecule has 0 N–H and O–H groups in total. The van der Waals surface area contributed by atoms with E-state index in [2.05, 4.69) is 53.5 Å². The lowest BCUT2D eigenvalue weighted by molar-refractivity contribution is 0.0872. The summed E-state index contributed by atoms with van der Waals surface area (Å²) in [5, 5.41) is 0.